The molecule has 1 aromatic heterocycles. The van der Waals surface area contributed by atoms with Crippen LogP contribution >= 0.6 is 0 Å². The molecule has 0 saturated carbocycles. The third-order valence-electron chi connectivity index (χ3n) is 2.98. The highest BCUT2D eigenvalue weighted by molar-refractivity contribution is 5.84. The molecule has 0 spiro atoms. The molecule has 1 heterocycles. The molecule has 0 radical (unpaired) electrons. The Morgan fingerprint density at radius 1 is 1.44 bits per heavy atom. The van der Waals surface area contributed by atoms with Gasteiger partial charge in [-0.2, -0.15) is 0 Å². The summed E-state index contributed by atoms with van der Waals surface area (Å²) in [5, 5.41) is 8.77. The van der Waals surface area contributed by atoms with Crippen LogP contribution in [-0.2, 0) is 0 Å². The van der Waals surface area contributed by atoms with Crippen LogP contribution in [0.2, 0.25) is 0 Å². The van der Waals surface area contributed by atoms with Gasteiger partial charge in [-0.1, -0.05) is 20.8 Å². The number of rotatable bonds is 3. The van der Waals surface area contributed by atoms with E-state index in [2.05, 4.69) is 27.7 Å². The summed E-state index contributed by atoms with van der Waals surface area (Å²) in [6.07, 6.45) is 0. The summed E-state index contributed by atoms with van der Waals surface area (Å²) in [5.74, 6) is -0.481. The van der Waals surface area contributed by atoms with Crippen LogP contribution in [0.15, 0.2) is 16.5 Å². The number of anilines is 1. The van der Waals surface area contributed by atoms with Crippen LogP contribution in [0.1, 0.15) is 38.2 Å². The first-order valence-electron chi connectivity index (χ1n) is 5.29. The molecule has 1 aromatic rings. The average molecular weight is 225 g/mol. The van der Waals surface area contributed by atoms with Gasteiger partial charge in [0.25, 0.3) is 0 Å². The SMILES string of the molecule is CC(N(C)c1ccc(C(=O)O)o1)C(C)(C)C. The summed E-state index contributed by atoms with van der Waals surface area (Å²) in [5.41, 5.74) is 0.102. The number of carboxylic acids is 1. The zero-order chi connectivity index (χ0) is 12.5. The van der Waals surface area contributed by atoms with Crippen molar-refractivity contribution in [2.24, 2.45) is 5.41 Å². The molecule has 4 heteroatoms. The Hall–Kier alpha value is -1.45. The van der Waals surface area contributed by atoms with E-state index in [9.17, 15) is 4.79 Å². The Bertz CT molecular complexity index is 376. The summed E-state index contributed by atoms with van der Waals surface area (Å²) < 4.78 is 5.25. The van der Waals surface area contributed by atoms with Gasteiger partial charge in [-0.3, -0.25) is 0 Å². The lowest BCUT2D eigenvalue weighted by Gasteiger charge is -2.35. The Morgan fingerprint density at radius 3 is 2.38 bits per heavy atom. The number of hydrogen-bond acceptors (Lipinski definition) is 3. The Kier molecular flexibility index (Phi) is 3.31. The lowest BCUT2D eigenvalue weighted by atomic mass is 9.87. The van der Waals surface area contributed by atoms with E-state index in [0.29, 0.717) is 5.88 Å². The van der Waals surface area contributed by atoms with E-state index < -0.39 is 5.97 Å². The fraction of sp³-hybridized carbons (Fsp3) is 0.583. The Balaban J connectivity index is 2.88. The second-order valence-electron chi connectivity index (χ2n) is 5.10. The van der Waals surface area contributed by atoms with Gasteiger partial charge >= 0.3 is 5.97 Å². The maximum absolute atomic E-state index is 10.7. The largest absolute Gasteiger partial charge is 0.475 e. The number of carboxylic acid groups (broad SMARTS) is 1. The molecule has 0 aliphatic carbocycles. The first-order chi connectivity index (χ1) is 7.23. The molecule has 4 nitrogen and oxygen atoms in total. The van der Waals surface area contributed by atoms with Crippen LogP contribution in [0.5, 0.6) is 0 Å². The highest BCUT2D eigenvalue weighted by atomic mass is 16.4. The predicted octanol–water partition coefficient (Wildman–Crippen LogP) is 2.85. The Labute approximate surface area is 95.9 Å². The van der Waals surface area contributed by atoms with Crippen molar-refractivity contribution in [1.82, 2.24) is 0 Å². The second kappa shape index (κ2) is 4.20. The van der Waals surface area contributed by atoms with Gasteiger partial charge in [-0.15, -0.1) is 0 Å². The van der Waals surface area contributed by atoms with Gasteiger partial charge in [-0.25, -0.2) is 4.79 Å². The van der Waals surface area contributed by atoms with Gasteiger partial charge in [0, 0.05) is 19.2 Å². The lowest BCUT2D eigenvalue weighted by molar-refractivity contribution is 0.0663. The number of hydrogen-bond donors (Lipinski definition) is 1. The molecule has 0 bridgehead atoms. The number of furan rings is 1. The maximum Gasteiger partial charge on any atom is 0.371 e. The quantitative estimate of drug-likeness (QED) is 0.859. The minimum atomic E-state index is -1.04. The lowest BCUT2D eigenvalue weighted by Crippen LogP contribution is -2.39. The normalized spacial score (nSPS) is 13.6. The topological polar surface area (TPSA) is 53.7 Å². The van der Waals surface area contributed by atoms with Crippen LogP contribution in [0.25, 0.3) is 0 Å². The average Bonchev–Trinajstić information content (AvgIpc) is 2.62. The fourth-order valence-electron chi connectivity index (χ4n) is 1.40. The molecule has 90 valence electrons. The first-order valence-corrected chi connectivity index (χ1v) is 5.29. The van der Waals surface area contributed by atoms with E-state index in [1.54, 1.807) is 6.07 Å². The van der Waals surface area contributed by atoms with Gasteiger partial charge < -0.3 is 14.4 Å². The zero-order valence-electron chi connectivity index (χ0n) is 10.4. The van der Waals surface area contributed by atoms with Crippen molar-refractivity contribution in [2.75, 3.05) is 11.9 Å². The predicted molar refractivity (Wildman–Crippen MR) is 63.0 cm³/mol. The van der Waals surface area contributed by atoms with Crippen molar-refractivity contribution in [3.63, 3.8) is 0 Å². The highest BCUT2D eigenvalue weighted by Crippen LogP contribution is 2.28. The minimum Gasteiger partial charge on any atom is -0.475 e. The molecule has 1 N–H and O–H groups in total. The fourth-order valence-corrected chi connectivity index (χ4v) is 1.40. The number of aromatic carboxylic acids is 1. The van der Waals surface area contributed by atoms with E-state index >= 15 is 0 Å². The van der Waals surface area contributed by atoms with E-state index in [4.69, 9.17) is 9.52 Å². The van der Waals surface area contributed by atoms with Crippen LogP contribution in [0, 0.1) is 5.41 Å². The molecule has 16 heavy (non-hydrogen) atoms. The van der Waals surface area contributed by atoms with Crippen molar-refractivity contribution < 1.29 is 14.3 Å². The molecule has 0 aliphatic heterocycles. The van der Waals surface area contributed by atoms with Crippen molar-refractivity contribution in [3.05, 3.63) is 17.9 Å². The van der Waals surface area contributed by atoms with Gasteiger partial charge in [-0.05, 0) is 18.4 Å². The second-order valence-corrected chi connectivity index (χ2v) is 5.10. The summed E-state index contributed by atoms with van der Waals surface area (Å²) in [7, 11) is 1.90. The van der Waals surface area contributed by atoms with E-state index in [0.717, 1.165) is 0 Å². The van der Waals surface area contributed by atoms with Gasteiger partial charge in [0.05, 0.1) is 0 Å². The number of carbonyl (C=O) groups is 1. The molecule has 0 amide bonds. The third kappa shape index (κ3) is 2.56. The van der Waals surface area contributed by atoms with E-state index in [1.807, 2.05) is 11.9 Å². The maximum atomic E-state index is 10.7. The molecule has 1 rings (SSSR count). The highest BCUT2D eigenvalue weighted by Gasteiger charge is 2.26. The zero-order valence-corrected chi connectivity index (χ0v) is 10.4. The summed E-state index contributed by atoms with van der Waals surface area (Å²) in [6.45, 7) is 8.49. The van der Waals surface area contributed by atoms with E-state index in [1.165, 1.54) is 6.07 Å². The molecule has 0 saturated heterocycles. The van der Waals surface area contributed by atoms with Crippen LogP contribution < -0.4 is 4.90 Å². The van der Waals surface area contributed by atoms with Gasteiger partial charge in [0.1, 0.15) is 0 Å². The number of nitrogens with zero attached hydrogens (tertiary/aromatic N) is 1. The van der Waals surface area contributed by atoms with Crippen molar-refractivity contribution >= 4 is 11.9 Å². The van der Waals surface area contributed by atoms with Crippen molar-refractivity contribution in [1.29, 1.82) is 0 Å². The van der Waals surface area contributed by atoms with Crippen LogP contribution in [0.3, 0.4) is 0 Å². The first kappa shape index (κ1) is 12.6. The molecule has 0 aromatic carbocycles. The monoisotopic (exact) mass is 225 g/mol. The summed E-state index contributed by atoms with van der Waals surface area (Å²) in [4.78, 5) is 12.6. The van der Waals surface area contributed by atoms with Crippen LogP contribution in [0.4, 0.5) is 5.88 Å². The summed E-state index contributed by atoms with van der Waals surface area (Å²) >= 11 is 0. The summed E-state index contributed by atoms with van der Waals surface area (Å²) in [6, 6.07) is 3.41. The Morgan fingerprint density at radius 2 is 2.00 bits per heavy atom. The minimum absolute atomic E-state index is 0.0250. The molecular formula is C12H19NO3. The van der Waals surface area contributed by atoms with Gasteiger partial charge in [0.15, 0.2) is 5.88 Å². The molecular weight excluding hydrogens is 206 g/mol. The third-order valence-corrected chi connectivity index (χ3v) is 2.98. The van der Waals surface area contributed by atoms with Crippen molar-refractivity contribution in [2.45, 2.75) is 33.7 Å². The molecule has 1 atom stereocenters. The van der Waals surface area contributed by atoms with Gasteiger partial charge in [0.2, 0.25) is 5.76 Å². The van der Waals surface area contributed by atoms with Crippen molar-refractivity contribution in [3.8, 4) is 0 Å². The smallest absolute Gasteiger partial charge is 0.371 e. The van der Waals surface area contributed by atoms with E-state index in [-0.39, 0.29) is 17.2 Å². The molecule has 1 unspecified atom stereocenters. The standard InChI is InChI=1S/C12H19NO3/c1-8(12(2,3)4)13(5)10-7-6-9(16-10)11(14)15/h6-8H,1-5H3,(H,14,15). The molecule has 0 fully saturated rings. The molecule has 0 aliphatic rings. The van der Waals surface area contributed by atoms with Crippen LogP contribution in [-0.4, -0.2) is 24.2 Å².